The maximum absolute atomic E-state index is 11.0. The lowest BCUT2D eigenvalue weighted by Gasteiger charge is -2.20. The van der Waals surface area contributed by atoms with Gasteiger partial charge in [-0.05, 0) is 49.2 Å². The molecule has 0 amide bonds. The monoisotopic (exact) mass is 325 g/mol. The summed E-state index contributed by atoms with van der Waals surface area (Å²) in [6.07, 6.45) is 4.47. The highest BCUT2D eigenvalue weighted by Gasteiger charge is 2.08. The lowest BCUT2D eigenvalue weighted by molar-refractivity contribution is 0.112. The molecule has 0 spiro atoms. The van der Waals surface area contributed by atoms with Crippen molar-refractivity contribution in [3.05, 3.63) is 53.1 Å². The van der Waals surface area contributed by atoms with Crippen molar-refractivity contribution in [2.75, 3.05) is 25.1 Å². The van der Waals surface area contributed by atoms with E-state index in [0.717, 1.165) is 24.2 Å². The second-order valence-electron chi connectivity index (χ2n) is 5.38. The number of ether oxygens (including phenoxy) is 1. The highest BCUT2D eigenvalue weighted by atomic mass is 16.5. The number of aromatic hydroxyl groups is 1. The molecule has 2 aromatic rings. The number of benzene rings is 2. The van der Waals surface area contributed by atoms with Crippen molar-refractivity contribution in [3.8, 4) is 11.5 Å². The summed E-state index contributed by atoms with van der Waals surface area (Å²) in [5.74, 6) is 0.157. The minimum atomic E-state index is -0.131. The highest BCUT2D eigenvalue weighted by Crippen LogP contribution is 2.31. The molecule has 0 atom stereocenters. The van der Waals surface area contributed by atoms with Crippen molar-refractivity contribution in [3.63, 3.8) is 0 Å². The van der Waals surface area contributed by atoms with E-state index in [9.17, 15) is 9.90 Å². The lowest BCUT2D eigenvalue weighted by atomic mass is 10.1. The Morgan fingerprint density at radius 3 is 2.21 bits per heavy atom. The van der Waals surface area contributed by atoms with E-state index in [2.05, 4.69) is 43.0 Å². The fraction of sp³-hybridized carbons (Fsp3) is 0.250. The molecule has 4 nitrogen and oxygen atoms in total. The van der Waals surface area contributed by atoms with Crippen LogP contribution in [0.25, 0.3) is 12.2 Å². The predicted octanol–water partition coefficient (Wildman–Crippen LogP) is 4.23. The van der Waals surface area contributed by atoms with Crippen LogP contribution in [-0.2, 0) is 0 Å². The van der Waals surface area contributed by atoms with E-state index in [1.165, 1.54) is 12.8 Å². The number of phenols is 1. The van der Waals surface area contributed by atoms with Crippen LogP contribution in [0.1, 0.15) is 35.3 Å². The molecular formula is C20H23NO3. The van der Waals surface area contributed by atoms with Gasteiger partial charge in [-0.1, -0.05) is 24.3 Å². The molecule has 0 heterocycles. The fourth-order valence-electron chi connectivity index (χ4n) is 2.57. The first-order valence-electron chi connectivity index (χ1n) is 8.02. The Hall–Kier alpha value is -2.75. The second kappa shape index (κ2) is 8.20. The van der Waals surface area contributed by atoms with Crippen LogP contribution in [-0.4, -0.2) is 31.6 Å². The zero-order valence-electron chi connectivity index (χ0n) is 14.3. The van der Waals surface area contributed by atoms with Gasteiger partial charge in [-0.15, -0.1) is 0 Å². The number of carbonyl (C=O) groups excluding carboxylic acids is 1. The first-order chi connectivity index (χ1) is 11.6. The smallest absolute Gasteiger partial charge is 0.168 e. The average Bonchev–Trinajstić information content (AvgIpc) is 2.62. The summed E-state index contributed by atoms with van der Waals surface area (Å²) in [5.41, 5.74) is 3.27. The molecule has 0 radical (unpaired) electrons. The zero-order valence-corrected chi connectivity index (χ0v) is 14.3. The van der Waals surface area contributed by atoms with Gasteiger partial charge in [0.15, 0.2) is 17.8 Å². The second-order valence-corrected chi connectivity index (χ2v) is 5.38. The molecule has 126 valence electrons. The Morgan fingerprint density at radius 2 is 1.67 bits per heavy atom. The van der Waals surface area contributed by atoms with Crippen LogP contribution < -0.4 is 9.64 Å². The van der Waals surface area contributed by atoms with Crippen LogP contribution in [0, 0.1) is 0 Å². The first-order valence-corrected chi connectivity index (χ1v) is 8.02. The van der Waals surface area contributed by atoms with Crippen LogP contribution in [0.4, 0.5) is 5.69 Å². The summed E-state index contributed by atoms with van der Waals surface area (Å²) in [4.78, 5) is 13.3. The first kappa shape index (κ1) is 17.6. The standard InChI is InChI=1S/C20H23NO3/c1-4-21(5-2)18-10-8-15(9-11-18)6-7-16-12-17(14-22)20(23)19(13-16)24-3/h6-14,23H,4-5H2,1-3H3. The molecule has 0 bridgehead atoms. The SMILES string of the molecule is CCN(CC)c1ccc(C=Cc2cc(C=O)c(O)c(OC)c2)cc1. The third-order valence-corrected chi connectivity index (χ3v) is 3.96. The molecule has 0 aliphatic carbocycles. The van der Waals surface area contributed by atoms with E-state index in [4.69, 9.17) is 4.74 Å². The van der Waals surface area contributed by atoms with Crippen molar-refractivity contribution < 1.29 is 14.6 Å². The number of rotatable bonds is 7. The topological polar surface area (TPSA) is 49.8 Å². The van der Waals surface area contributed by atoms with E-state index in [0.29, 0.717) is 6.29 Å². The molecule has 2 rings (SSSR count). The summed E-state index contributed by atoms with van der Waals surface area (Å²) in [7, 11) is 1.46. The summed E-state index contributed by atoms with van der Waals surface area (Å²) in [5, 5.41) is 9.84. The van der Waals surface area contributed by atoms with E-state index in [1.807, 2.05) is 12.2 Å². The van der Waals surface area contributed by atoms with Gasteiger partial charge in [0.1, 0.15) is 0 Å². The quantitative estimate of drug-likeness (QED) is 0.611. The number of hydrogen-bond donors (Lipinski definition) is 1. The number of hydrogen-bond acceptors (Lipinski definition) is 4. The van der Waals surface area contributed by atoms with Crippen molar-refractivity contribution in [1.29, 1.82) is 0 Å². The maximum atomic E-state index is 11.0. The molecule has 1 N–H and O–H groups in total. The average molecular weight is 325 g/mol. The van der Waals surface area contributed by atoms with Gasteiger partial charge >= 0.3 is 0 Å². The minimum Gasteiger partial charge on any atom is -0.504 e. The Kier molecular flexibility index (Phi) is 6.01. The predicted molar refractivity (Wildman–Crippen MR) is 99.0 cm³/mol. The molecule has 4 heteroatoms. The van der Waals surface area contributed by atoms with Gasteiger partial charge in [0, 0.05) is 18.8 Å². The molecule has 0 fully saturated rings. The molecule has 2 aromatic carbocycles. The number of nitrogens with zero attached hydrogens (tertiary/aromatic N) is 1. The number of carbonyl (C=O) groups is 1. The van der Waals surface area contributed by atoms with Gasteiger partial charge in [-0.25, -0.2) is 0 Å². The Morgan fingerprint density at radius 1 is 1.04 bits per heavy atom. The lowest BCUT2D eigenvalue weighted by Crippen LogP contribution is -2.21. The van der Waals surface area contributed by atoms with Crippen molar-refractivity contribution in [2.24, 2.45) is 0 Å². The Balaban J connectivity index is 2.23. The minimum absolute atomic E-state index is 0.131. The fourth-order valence-corrected chi connectivity index (χ4v) is 2.57. The molecule has 0 aromatic heterocycles. The van der Waals surface area contributed by atoms with E-state index < -0.39 is 0 Å². The largest absolute Gasteiger partial charge is 0.504 e. The van der Waals surface area contributed by atoms with Gasteiger partial charge in [0.05, 0.1) is 12.7 Å². The zero-order chi connectivity index (χ0) is 17.5. The van der Waals surface area contributed by atoms with Crippen LogP contribution in [0.3, 0.4) is 0 Å². The molecule has 0 aliphatic rings. The molecule has 24 heavy (non-hydrogen) atoms. The van der Waals surface area contributed by atoms with Gasteiger partial charge in [-0.2, -0.15) is 0 Å². The van der Waals surface area contributed by atoms with Crippen LogP contribution in [0.2, 0.25) is 0 Å². The van der Waals surface area contributed by atoms with E-state index in [-0.39, 0.29) is 17.1 Å². The summed E-state index contributed by atoms with van der Waals surface area (Å²) < 4.78 is 5.10. The maximum Gasteiger partial charge on any atom is 0.168 e. The van der Waals surface area contributed by atoms with Gasteiger partial charge in [0.25, 0.3) is 0 Å². The van der Waals surface area contributed by atoms with Gasteiger partial charge < -0.3 is 14.7 Å². The summed E-state index contributed by atoms with van der Waals surface area (Å²) in [6.45, 7) is 6.24. The number of anilines is 1. The van der Waals surface area contributed by atoms with Gasteiger partial charge in [-0.3, -0.25) is 4.79 Å². The number of methoxy groups -OCH3 is 1. The Labute approximate surface area is 143 Å². The highest BCUT2D eigenvalue weighted by molar-refractivity contribution is 5.84. The van der Waals surface area contributed by atoms with E-state index in [1.54, 1.807) is 12.1 Å². The summed E-state index contributed by atoms with van der Waals surface area (Å²) >= 11 is 0. The van der Waals surface area contributed by atoms with Crippen molar-refractivity contribution >= 4 is 24.1 Å². The molecule has 0 aliphatic heterocycles. The van der Waals surface area contributed by atoms with Gasteiger partial charge in [0.2, 0.25) is 0 Å². The summed E-state index contributed by atoms with van der Waals surface area (Å²) in [6, 6.07) is 11.6. The van der Waals surface area contributed by atoms with Crippen molar-refractivity contribution in [2.45, 2.75) is 13.8 Å². The van der Waals surface area contributed by atoms with E-state index >= 15 is 0 Å². The Bertz CT molecular complexity index is 716. The third kappa shape index (κ3) is 3.96. The van der Waals surface area contributed by atoms with Crippen LogP contribution >= 0.6 is 0 Å². The molecular weight excluding hydrogens is 302 g/mol. The van der Waals surface area contributed by atoms with Crippen LogP contribution in [0.5, 0.6) is 11.5 Å². The normalized spacial score (nSPS) is 10.8. The molecule has 0 unspecified atom stereocenters. The van der Waals surface area contributed by atoms with Crippen LogP contribution in [0.15, 0.2) is 36.4 Å². The number of aldehydes is 1. The third-order valence-electron chi connectivity index (χ3n) is 3.96. The number of phenolic OH excluding ortho intramolecular Hbond substituents is 1. The molecule has 0 saturated carbocycles. The molecule has 0 saturated heterocycles. The van der Waals surface area contributed by atoms with Crippen molar-refractivity contribution in [1.82, 2.24) is 0 Å².